The SMILES string of the molecule is CC1CCC(c2cc3ccccc3n2C)CC1. The van der Waals surface area contributed by atoms with Crippen molar-refractivity contribution >= 4 is 10.9 Å². The minimum atomic E-state index is 0.781. The Kier molecular flexibility index (Phi) is 2.70. The summed E-state index contributed by atoms with van der Waals surface area (Å²) in [6, 6.07) is 11.1. The minimum Gasteiger partial charge on any atom is -0.347 e. The van der Waals surface area contributed by atoms with Gasteiger partial charge in [0, 0.05) is 18.3 Å². The second-order valence-corrected chi connectivity index (χ2v) is 5.64. The van der Waals surface area contributed by atoms with Gasteiger partial charge < -0.3 is 4.57 Å². The van der Waals surface area contributed by atoms with Crippen LogP contribution >= 0.6 is 0 Å². The molecule has 2 aromatic rings. The second kappa shape index (κ2) is 4.21. The van der Waals surface area contributed by atoms with Gasteiger partial charge in [-0.15, -0.1) is 0 Å². The molecule has 0 atom stereocenters. The Morgan fingerprint density at radius 2 is 1.76 bits per heavy atom. The Balaban J connectivity index is 1.97. The van der Waals surface area contributed by atoms with E-state index in [2.05, 4.69) is 48.9 Å². The Labute approximate surface area is 103 Å². The van der Waals surface area contributed by atoms with Crippen LogP contribution in [0.5, 0.6) is 0 Å². The molecule has 0 unspecified atom stereocenters. The summed E-state index contributed by atoms with van der Waals surface area (Å²) in [6.07, 6.45) is 5.52. The highest BCUT2D eigenvalue weighted by Crippen LogP contribution is 2.37. The summed E-state index contributed by atoms with van der Waals surface area (Å²) in [7, 11) is 2.22. The topological polar surface area (TPSA) is 4.93 Å². The van der Waals surface area contributed by atoms with E-state index in [9.17, 15) is 0 Å². The number of hydrogen-bond acceptors (Lipinski definition) is 0. The van der Waals surface area contributed by atoms with Gasteiger partial charge in [0.1, 0.15) is 0 Å². The number of aryl methyl sites for hydroxylation is 1. The molecule has 3 rings (SSSR count). The van der Waals surface area contributed by atoms with Gasteiger partial charge in [0.25, 0.3) is 0 Å². The van der Waals surface area contributed by atoms with E-state index in [1.807, 2.05) is 0 Å². The van der Waals surface area contributed by atoms with Gasteiger partial charge in [0.2, 0.25) is 0 Å². The average molecular weight is 227 g/mol. The van der Waals surface area contributed by atoms with E-state index in [4.69, 9.17) is 0 Å². The zero-order valence-corrected chi connectivity index (χ0v) is 10.8. The van der Waals surface area contributed by atoms with Crippen molar-refractivity contribution in [1.29, 1.82) is 0 Å². The molecule has 0 amide bonds. The van der Waals surface area contributed by atoms with Crippen LogP contribution in [0.25, 0.3) is 10.9 Å². The lowest BCUT2D eigenvalue weighted by Crippen LogP contribution is -2.13. The molecule has 1 aliphatic carbocycles. The van der Waals surface area contributed by atoms with Crippen molar-refractivity contribution in [2.24, 2.45) is 13.0 Å². The molecule has 1 saturated carbocycles. The van der Waals surface area contributed by atoms with Crippen molar-refractivity contribution in [3.05, 3.63) is 36.0 Å². The molecule has 1 nitrogen and oxygen atoms in total. The maximum atomic E-state index is 2.40. The highest BCUT2D eigenvalue weighted by Gasteiger charge is 2.22. The molecule has 1 heterocycles. The lowest BCUT2D eigenvalue weighted by atomic mass is 9.81. The van der Waals surface area contributed by atoms with Gasteiger partial charge in [-0.3, -0.25) is 0 Å². The van der Waals surface area contributed by atoms with Crippen molar-refractivity contribution in [1.82, 2.24) is 4.57 Å². The standard InChI is InChI=1S/C16H21N/c1-12-7-9-13(10-8-12)16-11-14-5-3-4-6-15(14)17(16)2/h3-6,11-13H,7-10H2,1-2H3. The van der Waals surface area contributed by atoms with E-state index in [-0.39, 0.29) is 0 Å². The molecule has 1 heteroatoms. The highest BCUT2D eigenvalue weighted by atomic mass is 14.9. The second-order valence-electron chi connectivity index (χ2n) is 5.64. The molecule has 0 saturated heterocycles. The molecule has 0 aliphatic heterocycles. The average Bonchev–Trinajstić information content (AvgIpc) is 2.69. The third-order valence-corrected chi connectivity index (χ3v) is 4.42. The van der Waals surface area contributed by atoms with Gasteiger partial charge in [-0.25, -0.2) is 0 Å². The van der Waals surface area contributed by atoms with Crippen molar-refractivity contribution < 1.29 is 0 Å². The Bertz CT molecular complexity index is 515. The number of para-hydroxylation sites is 1. The molecule has 0 radical (unpaired) electrons. The minimum absolute atomic E-state index is 0.781. The monoisotopic (exact) mass is 227 g/mol. The van der Waals surface area contributed by atoms with Crippen LogP contribution in [0.15, 0.2) is 30.3 Å². The molecule has 1 aliphatic rings. The number of aromatic nitrogens is 1. The van der Waals surface area contributed by atoms with Crippen LogP contribution in [0.2, 0.25) is 0 Å². The first-order valence-electron chi connectivity index (χ1n) is 6.80. The molecule has 0 bridgehead atoms. The smallest absolute Gasteiger partial charge is 0.0479 e. The van der Waals surface area contributed by atoms with E-state index in [1.54, 1.807) is 0 Å². The molecular formula is C16H21N. The van der Waals surface area contributed by atoms with E-state index >= 15 is 0 Å². The third-order valence-electron chi connectivity index (χ3n) is 4.42. The maximum absolute atomic E-state index is 2.40. The number of rotatable bonds is 1. The fourth-order valence-electron chi connectivity index (χ4n) is 3.26. The Morgan fingerprint density at radius 1 is 1.06 bits per heavy atom. The van der Waals surface area contributed by atoms with Crippen molar-refractivity contribution in [2.45, 2.75) is 38.5 Å². The van der Waals surface area contributed by atoms with Crippen molar-refractivity contribution in [2.75, 3.05) is 0 Å². The predicted molar refractivity (Wildman–Crippen MR) is 73.3 cm³/mol. The van der Waals surface area contributed by atoms with Gasteiger partial charge in [-0.2, -0.15) is 0 Å². The lowest BCUT2D eigenvalue weighted by molar-refractivity contribution is 0.341. The lowest BCUT2D eigenvalue weighted by Gasteiger charge is -2.26. The number of hydrogen-bond donors (Lipinski definition) is 0. The van der Waals surface area contributed by atoms with E-state index in [1.165, 1.54) is 42.3 Å². The van der Waals surface area contributed by atoms with Gasteiger partial charge in [-0.05, 0) is 42.2 Å². The summed E-state index contributed by atoms with van der Waals surface area (Å²) in [4.78, 5) is 0. The van der Waals surface area contributed by atoms with Gasteiger partial charge in [-0.1, -0.05) is 38.0 Å². The van der Waals surface area contributed by atoms with Crippen LogP contribution in [-0.2, 0) is 7.05 Å². The molecule has 1 fully saturated rings. The number of benzene rings is 1. The maximum Gasteiger partial charge on any atom is 0.0479 e. The first-order valence-corrected chi connectivity index (χ1v) is 6.80. The quantitative estimate of drug-likeness (QED) is 0.677. The van der Waals surface area contributed by atoms with Gasteiger partial charge in [0.05, 0.1) is 0 Å². The fraction of sp³-hybridized carbons (Fsp3) is 0.500. The summed E-state index contributed by atoms with van der Waals surface area (Å²) in [5.41, 5.74) is 2.92. The summed E-state index contributed by atoms with van der Waals surface area (Å²) < 4.78 is 2.40. The van der Waals surface area contributed by atoms with Crippen molar-refractivity contribution in [3.63, 3.8) is 0 Å². The van der Waals surface area contributed by atoms with Crippen molar-refractivity contribution in [3.8, 4) is 0 Å². The molecule has 17 heavy (non-hydrogen) atoms. The third kappa shape index (κ3) is 1.88. The Hall–Kier alpha value is -1.24. The summed E-state index contributed by atoms with van der Waals surface area (Å²) in [5.74, 6) is 1.71. The molecular weight excluding hydrogens is 206 g/mol. The number of fused-ring (bicyclic) bond motifs is 1. The van der Waals surface area contributed by atoms with E-state index < -0.39 is 0 Å². The van der Waals surface area contributed by atoms with E-state index in [0.29, 0.717) is 0 Å². The first-order chi connectivity index (χ1) is 8.25. The summed E-state index contributed by atoms with van der Waals surface area (Å²) in [5, 5.41) is 1.39. The van der Waals surface area contributed by atoms with Gasteiger partial charge >= 0.3 is 0 Å². The fourth-order valence-corrected chi connectivity index (χ4v) is 3.26. The zero-order valence-electron chi connectivity index (χ0n) is 10.8. The Morgan fingerprint density at radius 3 is 2.47 bits per heavy atom. The highest BCUT2D eigenvalue weighted by molar-refractivity contribution is 5.81. The molecule has 1 aromatic heterocycles. The summed E-state index contributed by atoms with van der Waals surface area (Å²) in [6.45, 7) is 2.39. The first kappa shape index (κ1) is 10.9. The molecule has 0 N–H and O–H groups in total. The molecule has 90 valence electrons. The van der Waals surface area contributed by atoms with Crippen LogP contribution in [-0.4, -0.2) is 4.57 Å². The molecule has 1 aromatic carbocycles. The predicted octanol–water partition coefficient (Wildman–Crippen LogP) is 4.47. The summed E-state index contributed by atoms with van der Waals surface area (Å²) >= 11 is 0. The number of nitrogens with zero attached hydrogens (tertiary/aromatic N) is 1. The molecule has 0 spiro atoms. The van der Waals surface area contributed by atoms with Crippen LogP contribution in [0.1, 0.15) is 44.2 Å². The van der Waals surface area contributed by atoms with Gasteiger partial charge in [0.15, 0.2) is 0 Å². The van der Waals surface area contributed by atoms with Crippen LogP contribution in [0, 0.1) is 5.92 Å². The largest absolute Gasteiger partial charge is 0.347 e. The normalized spacial score (nSPS) is 25.3. The zero-order chi connectivity index (χ0) is 11.8. The van der Waals surface area contributed by atoms with Crippen LogP contribution in [0.3, 0.4) is 0 Å². The van der Waals surface area contributed by atoms with Crippen LogP contribution < -0.4 is 0 Å². The van der Waals surface area contributed by atoms with E-state index in [0.717, 1.165) is 11.8 Å². The van der Waals surface area contributed by atoms with Crippen LogP contribution in [0.4, 0.5) is 0 Å².